The summed E-state index contributed by atoms with van der Waals surface area (Å²) in [6.45, 7) is 6.47. The van der Waals surface area contributed by atoms with E-state index in [2.05, 4.69) is 10.6 Å². The van der Waals surface area contributed by atoms with Gasteiger partial charge in [0.1, 0.15) is 5.60 Å². The van der Waals surface area contributed by atoms with Crippen LogP contribution in [0.1, 0.15) is 27.2 Å². The number of nitrogens with one attached hydrogen (secondary N) is 1. The van der Waals surface area contributed by atoms with Gasteiger partial charge in [-0.1, -0.05) is 0 Å². The van der Waals surface area contributed by atoms with Crippen LogP contribution >= 0.6 is 0 Å². The second kappa shape index (κ2) is 4.46. The van der Waals surface area contributed by atoms with Gasteiger partial charge in [-0.3, -0.25) is 5.01 Å². The van der Waals surface area contributed by atoms with Gasteiger partial charge in [-0.05, 0) is 27.2 Å². The van der Waals surface area contributed by atoms with Crippen LogP contribution in [0.5, 0.6) is 0 Å². The zero-order valence-corrected chi connectivity index (χ0v) is 9.32. The summed E-state index contributed by atoms with van der Waals surface area (Å²) >= 11 is 0. The predicted octanol–water partition coefficient (Wildman–Crippen LogP) is 1.27. The summed E-state index contributed by atoms with van der Waals surface area (Å²) in [5, 5.41) is 6.90. The quantitative estimate of drug-likeness (QED) is 0.704. The third kappa shape index (κ3) is 4.14. The molecule has 0 aromatic carbocycles. The molecule has 0 aromatic heterocycles. The molecule has 1 amide bonds. The van der Waals surface area contributed by atoms with Gasteiger partial charge in [0.15, 0.2) is 0 Å². The Morgan fingerprint density at radius 2 is 2.20 bits per heavy atom. The number of hydrogen-bond acceptors (Lipinski definition) is 4. The second-order valence-electron chi connectivity index (χ2n) is 4.63. The van der Waals surface area contributed by atoms with E-state index >= 15 is 0 Å². The van der Waals surface area contributed by atoms with Crippen molar-refractivity contribution in [3.05, 3.63) is 4.91 Å². The van der Waals surface area contributed by atoms with Crippen molar-refractivity contribution >= 4 is 6.09 Å². The number of alkyl carbamates (subject to hydrolysis) is 1. The summed E-state index contributed by atoms with van der Waals surface area (Å²) in [7, 11) is 0. The van der Waals surface area contributed by atoms with E-state index < -0.39 is 11.7 Å². The molecule has 6 heteroatoms. The Balaban J connectivity index is 2.31. The lowest BCUT2D eigenvalue weighted by Crippen LogP contribution is -2.40. The van der Waals surface area contributed by atoms with Crippen molar-refractivity contribution < 1.29 is 9.53 Å². The van der Waals surface area contributed by atoms with Gasteiger partial charge in [0.05, 0.1) is 17.9 Å². The number of carbonyl (C=O) groups is 1. The van der Waals surface area contributed by atoms with Crippen LogP contribution in [-0.4, -0.2) is 35.8 Å². The Labute approximate surface area is 88.9 Å². The summed E-state index contributed by atoms with van der Waals surface area (Å²) in [6.07, 6.45) is 0.283. The van der Waals surface area contributed by atoms with E-state index in [4.69, 9.17) is 4.74 Å². The van der Waals surface area contributed by atoms with Crippen LogP contribution in [0.15, 0.2) is 5.29 Å². The molecule has 0 bridgehead atoms. The molecule has 0 unspecified atom stereocenters. The summed E-state index contributed by atoms with van der Waals surface area (Å²) in [6, 6.07) is -0.0439. The first-order valence-electron chi connectivity index (χ1n) is 4.98. The van der Waals surface area contributed by atoms with Gasteiger partial charge in [0.2, 0.25) is 0 Å². The van der Waals surface area contributed by atoms with Crippen LogP contribution in [0.2, 0.25) is 0 Å². The lowest BCUT2D eigenvalue weighted by atomic mass is 10.2. The second-order valence-corrected chi connectivity index (χ2v) is 4.63. The van der Waals surface area contributed by atoms with Crippen molar-refractivity contribution in [2.45, 2.75) is 38.8 Å². The molecule has 1 aliphatic rings. The van der Waals surface area contributed by atoms with Crippen LogP contribution < -0.4 is 5.32 Å². The van der Waals surface area contributed by atoms with Crippen molar-refractivity contribution in [3.8, 4) is 0 Å². The number of nitroso groups, excluding NO2 is 1. The van der Waals surface area contributed by atoms with E-state index in [9.17, 15) is 9.70 Å². The average molecular weight is 215 g/mol. The number of nitrogens with zero attached hydrogens (tertiary/aromatic N) is 2. The zero-order valence-electron chi connectivity index (χ0n) is 9.32. The standard InChI is InChI=1S/C9H17N3O3/c1-9(2,3)15-8(13)10-7-4-5-12(6-7)11-14/h7H,4-6H2,1-3H3,(H,10,13)/t7-/m1/s1. The molecule has 0 aliphatic carbocycles. The van der Waals surface area contributed by atoms with Crippen LogP contribution in [0, 0.1) is 4.91 Å². The van der Waals surface area contributed by atoms with Gasteiger partial charge >= 0.3 is 6.09 Å². The molecule has 86 valence electrons. The average Bonchev–Trinajstić information content (AvgIpc) is 2.48. The minimum Gasteiger partial charge on any atom is -0.444 e. The lowest BCUT2D eigenvalue weighted by molar-refractivity contribution is 0.0506. The fourth-order valence-corrected chi connectivity index (χ4v) is 1.41. The van der Waals surface area contributed by atoms with Crippen molar-refractivity contribution in [2.24, 2.45) is 5.29 Å². The summed E-state index contributed by atoms with van der Waals surface area (Å²) < 4.78 is 5.09. The van der Waals surface area contributed by atoms with Crippen LogP contribution in [-0.2, 0) is 4.74 Å². The van der Waals surface area contributed by atoms with E-state index in [1.165, 1.54) is 5.01 Å². The summed E-state index contributed by atoms with van der Waals surface area (Å²) in [5.74, 6) is 0. The molecule has 1 saturated heterocycles. The first-order chi connectivity index (χ1) is 6.90. The van der Waals surface area contributed by atoms with Crippen molar-refractivity contribution in [1.29, 1.82) is 0 Å². The highest BCUT2D eigenvalue weighted by molar-refractivity contribution is 5.68. The number of carbonyl (C=O) groups excluding carboxylic acids is 1. The van der Waals surface area contributed by atoms with E-state index in [1.54, 1.807) is 20.8 Å². The Kier molecular flexibility index (Phi) is 3.49. The van der Waals surface area contributed by atoms with Gasteiger partial charge in [-0.15, -0.1) is 4.91 Å². The Morgan fingerprint density at radius 3 is 2.67 bits per heavy atom. The van der Waals surface area contributed by atoms with Gasteiger partial charge in [-0.2, -0.15) is 0 Å². The molecular formula is C9H17N3O3. The van der Waals surface area contributed by atoms with Crippen LogP contribution in [0.3, 0.4) is 0 Å². The fraction of sp³-hybridized carbons (Fsp3) is 0.889. The highest BCUT2D eigenvalue weighted by Gasteiger charge is 2.25. The maximum atomic E-state index is 11.3. The normalized spacial score (nSPS) is 21.3. The number of ether oxygens (including phenoxy) is 1. The molecule has 1 aliphatic heterocycles. The van der Waals surface area contributed by atoms with E-state index in [-0.39, 0.29) is 6.04 Å². The number of amides is 1. The van der Waals surface area contributed by atoms with Gasteiger partial charge in [0.25, 0.3) is 0 Å². The molecule has 15 heavy (non-hydrogen) atoms. The van der Waals surface area contributed by atoms with Crippen molar-refractivity contribution in [2.75, 3.05) is 13.1 Å². The van der Waals surface area contributed by atoms with Gasteiger partial charge in [-0.25, -0.2) is 4.79 Å². The fourth-order valence-electron chi connectivity index (χ4n) is 1.41. The minimum atomic E-state index is -0.495. The highest BCUT2D eigenvalue weighted by atomic mass is 16.6. The smallest absolute Gasteiger partial charge is 0.407 e. The molecule has 1 fully saturated rings. The Bertz CT molecular complexity index is 249. The van der Waals surface area contributed by atoms with E-state index in [1.807, 2.05) is 0 Å². The maximum absolute atomic E-state index is 11.3. The van der Waals surface area contributed by atoms with E-state index in [0.717, 1.165) is 6.42 Å². The molecule has 1 atom stereocenters. The minimum absolute atomic E-state index is 0.0439. The monoisotopic (exact) mass is 215 g/mol. The maximum Gasteiger partial charge on any atom is 0.407 e. The van der Waals surface area contributed by atoms with Crippen LogP contribution in [0.4, 0.5) is 4.79 Å². The Morgan fingerprint density at radius 1 is 1.53 bits per heavy atom. The first-order valence-corrected chi connectivity index (χ1v) is 4.98. The third-order valence-electron chi connectivity index (χ3n) is 2.00. The van der Waals surface area contributed by atoms with Crippen LogP contribution in [0.25, 0.3) is 0 Å². The zero-order chi connectivity index (χ0) is 11.5. The molecule has 0 aromatic rings. The molecule has 0 saturated carbocycles. The molecule has 0 spiro atoms. The topological polar surface area (TPSA) is 71.0 Å². The molecule has 0 radical (unpaired) electrons. The van der Waals surface area contributed by atoms with Crippen molar-refractivity contribution in [3.63, 3.8) is 0 Å². The first kappa shape index (κ1) is 11.7. The molecule has 1 N–H and O–H groups in total. The van der Waals surface area contributed by atoms with Gasteiger partial charge < -0.3 is 10.1 Å². The molecular weight excluding hydrogens is 198 g/mol. The molecule has 6 nitrogen and oxygen atoms in total. The predicted molar refractivity (Wildman–Crippen MR) is 55.1 cm³/mol. The lowest BCUT2D eigenvalue weighted by Gasteiger charge is -2.21. The number of rotatable bonds is 2. The largest absolute Gasteiger partial charge is 0.444 e. The third-order valence-corrected chi connectivity index (χ3v) is 2.00. The highest BCUT2D eigenvalue weighted by Crippen LogP contribution is 2.11. The Hall–Kier alpha value is -1.33. The number of hydrogen-bond donors (Lipinski definition) is 1. The van der Waals surface area contributed by atoms with Crippen molar-refractivity contribution in [1.82, 2.24) is 10.3 Å². The molecule has 1 rings (SSSR count). The SMILES string of the molecule is CC(C)(C)OC(=O)N[C@@H]1CCN(N=O)C1. The summed E-state index contributed by atoms with van der Waals surface area (Å²) in [5.41, 5.74) is -0.495. The van der Waals surface area contributed by atoms with E-state index in [0.29, 0.717) is 13.1 Å². The molecule has 1 heterocycles. The summed E-state index contributed by atoms with van der Waals surface area (Å²) in [4.78, 5) is 21.5. The van der Waals surface area contributed by atoms with Gasteiger partial charge in [0, 0.05) is 6.54 Å².